The second-order valence-corrected chi connectivity index (χ2v) is 5.80. The van der Waals surface area contributed by atoms with Gasteiger partial charge in [0.05, 0.1) is 18.1 Å². The van der Waals surface area contributed by atoms with E-state index in [4.69, 9.17) is 10.5 Å². The minimum atomic E-state index is -0.718. The number of fused-ring (bicyclic) bond motifs is 1. The molecular formula is C14H18FN3O3. The quantitative estimate of drug-likeness (QED) is 0.680. The number of anilines is 1. The fraction of sp³-hybridized carbons (Fsp3) is 0.571. The molecule has 0 spiro atoms. The van der Waals surface area contributed by atoms with Gasteiger partial charge in [0.1, 0.15) is 5.69 Å². The Morgan fingerprint density at radius 2 is 2.19 bits per heavy atom. The summed E-state index contributed by atoms with van der Waals surface area (Å²) >= 11 is 0. The second-order valence-electron chi connectivity index (χ2n) is 5.80. The van der Waals surface area contributed by atoms with Crippen LogP contribution in [0, 0.1) is 27.8 Å². The molecule has 0 aromatic heterocycles. The van der Waals surface area contributed by atoms with E-state index in [1.54, 1.807) is 0 Å². The number of halogens is 1. The monoisotopic (exact) mass is 295 g/mol. The summed E-state index contributed by atoms with van der Waals surface area (Å²) in [5.41, 5.74) is 6.29. The summed E-state index contributed by atoms with van der Waals surface area (Å²) in [6.45, 7) is 1.41. The van der Waals surface area contributed by atoms with Crippen molar-refractivity contribution in [3.05, 3.63) is 28.1 Å². The van der Waals surface area contributed by atoms with Crippen molar-refractivity contribution < 1.29 is 14.1 Å². The Bertz CT molecular complexity index is 581. The van der Waals surface area contributed by atoms with E-state index >= 15 is 0 Å². The van der Waals surface area contributed by atoms with E-state index in [2.05, 4.69) is 0 Å². The zero-order valence-corrected chi connectivity index (χ0v) is 11.8. The second kappa shape index (κ2) is 5.14. The zero-order valence-electron chi connectivity index (χ0n) is 11.8. The molecule has 1 aromatic carbocycles. The fourth-order valence-electron chi connectivity index (χ4n) is 3.59. The summed E-state index contributed by atoms with van der Waals surface area (Å²) in [6, 6.07) is 2.50. The van der Waals surface area contributed by atoms with Crippen molar-refractivity contribution in [3.63, 3.8) is 0 Å². The SMILES string of the molecule is COc1cc(N2CC3CCC(N)C3C2)c([N+](=O)[O-])cc1F. The van der Waals surface area contributed by atoms with Crippen LogP contribution in [0.1, 0.15) is 12.8 Å². The predicted molar refractivity (Wildman–Crippen MR) is 76.0 cm³/mol. The van der Waals surface area contributed by atoms with Crippen molar-refractivity contribution in [1.82, 2.24) is 0 Å². The summed E-state index contributed by atoms with van der Waals surface area (Å²) in [6.07, 6.45) is 2.06. The minimum absolute atomic E-state index is 0.0250. The Kier molecular flexibility index (Phi) is 3.44. The highest BCUT2D eigenvalue weighted by Crippen LogP contribution is 2.43. The van der Waals surface area contributed by atoms with Crippen LogP contribution in [0.3, 0.4) is 0 Å². The van der Waals surface area contributed by atoms with Gasteiger partial charge < -0.3 is 15.4 Å². The molecule has 3 rings (SSSR count). The van der Waals surface area contributed by atoms with Crippen molar-refractivity contribution in [2.24, 2.45) is 17.6 Å². The van der Waals surface area contributed by atoms with Crippen molar-refractivity contribution in [1.29, 1.82) is 0 Å². The van der Waals surface area contributed by atoms with Gasteiger partial charge in [-0.2, -0.15) is 0 Å². The number of hydrogen-bond acceptors (Lipinski definition) is 5. The number of rotatable bonds is 3. The first-order valence-electron chi connectivity index (χ1n) is 7.03. The normalized spacial score (nSPS) is 27.8. The lowest BCUT2D eigenvalue weighted by atomic mass is 9.98. The van der Waals surface area contributed by atoms with E-state index in [-0.39, 0.29) is 17.5 Å². The highest BCUT2D eigenvalue weighted by molar-refractivity contribution is 5.67. The molecule has 0 amide bonds. The molecule has 21 heavy (non-hydrogen) atoms. The van der Waals surface area contributed by atoms with E-state index in [1.807, 2.05) is 4.90 Å². The minimum Gasteiger partial charge on any atom is -0.494 e. The predicted octanol–water partition coefficient (Wildman–Crippen LogP) is 1.92. The topological polar surface area (TPSA) is 81.6 Å². The lowest BCUT2D eigenvalue weighted by Gasteiger charge is -2.21. The molecule has 6 nitrogen and oxygen atoms in total. The van der Waals surface area contributed by atoms with Gasteiger partial charge in [0, 0.05) is 25.2 Å². The van der Waals surface area contributed by atoms with E-state index < -0.39 is 10.7 Å². The Balaban J connectivity index is 1.96. The van der Waals surface area contributed by atoms with Crippen LogP contribution < -0.4 is 15.4 Å². The molecule has 2 aliphatic rings. The first-order chi connectivity index (χ1) is 10.0. The lowest BCUT2D eigenvalue weighted by Crippen LogP contribution is -2.30. The fourth-order valence-corrected chi connectivity index (χ4v) is 3.59. The van der Waals surface area contributed by atoms with Gasteiger partial charge in [0.25, 0.3) is 5.69 Å². The molecular weight excluding hydrogens is 277 g/mol. The molecule has 2 N–H and O–H groups in total. The van der Waals surface area contributed by atoms with Gasteiger partial charge in [-0.25, -0.2) is 4.39 Å². The van der Waals surface area contributed by atoms with Crippen LogP contribution in [0.25, 0.3) is 0 Å². The molecule has 7 heteroatoms. The maximum atomic E-state index is 13.7. The maximum absolute atomic E-state index is 13.7. The molecule has 0 radical (unpaired) electrons. The summed E-state index contributed by atoms with van der Waals surface area (Å²) in [4.78, 5) is 12.6. The van der Waals surface area contributed by atoms with Crippen LogP contribution in [-0.4, -0.2) is 31.2 Å². The summed E-state index contributed by atoms with van der Waals surface area (Å²) < 4.78 is 18.6. The Labute approximate surface area is 121 Å². The highest BCUT2D eigenvalue weighted by Gasteiger charge is 2.42. The Hall–Kier alpha value is -1.89. The van der Waals surface area contributed by atoms with Crippen molar-refractivity contribution >= 4 is 11.4 Å². The number of methoxy groups -OCH3 is 1. The van der Waals surface area contributed by atoms with Gasteiger partial charge in [-0.3, -0.25) is 10.1 Å². The molecule has 1 aliphatic heterocycles. The third-order valence-electron chi connectivity index (χ3n) is 4.70. The van der Waals surface area contributed by atoms with Crippen LogP contribution in [0.4, 0.5) is 15.8 Å². The molecule has 0 bridgehead atoms. The van der Waals surface area contributed by atoms with Crippen molar-refractivity contribution in [3.8, 4) is 5.75 Å². The molecule has 1 saturated heterocycles. The van der Waals surface area contributed by atoms with E-state index in [0.29, 0.717) is 24.1 Å². The summed E-state index contributed by atoms with van der Waals surface area (Å²) in [7, 11) is 1.35. The van der Waals surface area contributed by atoms with Crippen molar-refractivity contribution in [2.45, 2.75) is 18.9 Å². The first-order valence-corrected chi connectivity index (χ1v) is 7.03. The molecule has 2 fully saturated rings. The smallest absolute Gasteiger partial charge is 0.295 e. The number of hydrogen-bond donors (Lipinski definition) is 1. The molecule has 3 atom stereocenters. The van der Waals surface area contributed by atoms with Gasteiger partial charge >= 0.3 is 0 Å². The number of nitro groups is 1. The third-order valence-corrected chi connectivity index (χ3v) is 4.70. The van der Waals surface area contributed by atoms with Gasteiger partial charge in [-0.15, -0.1) is 0 Å². The number of nitrogens with zero attached hydrogens (tertiary/aromatic N) is 2. The van der Waals surface area contributed by atoms with Crippen molar-refractivity contribution in [2.75, 3.05) is 25.1 Å². The van der Waals surface area contributed by atoms with E-state index in [1.165, 1.54) is 13.2 Å². The van der Waals surface area contributed by atoms with Crippen LogP contribution in [0.5, 0.6) is 5.75 Å². The van der Waals surface area contributed by atoms with Crippen LogP contribution >= 0.6 is 0 Å². The van der Waals surface area contributed by atoms with Gasteiger partial charge in [-0.05, 0) is 24.7 Å². The standard InChI is InChI=1S/C14H18FN3O3/c1-21-14-5-12(13(18(19)20)4-10(14)15)17-6-8-2-3-11(16)9(8)7-17/h4-5,8-9,11H,2-3,6-7,16H2,1H3. The first kappa shape index (κ1) is 14.1. The largest absolute Gasteiger partial charge is 0.494 e. The van der Waals surface area contributed by atoms with Gasteiger partial charge in [-0.1, -0.05) is 0 Å². The van der Waals surface area contributed by atoms with Gasteiger partial charge in [0.2, 0.25) is 0 Å². The summed E-state index contributed by atoms with van der Waals surface area (Å²) in [5, 5.41) is 11.2. The van der Waals surface area contributed by atoms with E-state index in [0.717, 1.165) is 25.5 Å². The lowest BCUT2D eigenvalue weighted by molar-refractivity contribution is -0.384. The number of ether oxygens (including phenoxy) is 1. The third kappa shape index (κ3) is 2.31. The summed E-state index contributed by atoms with van der Waals surface area (Å²) in [5.74, 6) is 0.136. The molecule has 1 aromatic rings. The number of nitrogens with two attached hydrogens (primary N) is 1. The Morgan fingerprint density at radius 3 is 2.81 bits per heavy atom. The number of benzene rings is 1. The van der Waals surface area contributed by atoms with Gasteiger partial charge in [0.15, 0.2) is 11.6 Å². The average Bonchev–Trinajstić information content (AvgIpc) is 3.01. The average molecular weight is 295 g/mol. The number of nitro benzene ring substituents is 1. The zero-order chi connectivity index (χ0) is 15.1. The van der Waals surface area contributed by atoms with Crippen LogP contribution in [0.15, 0.2) is 12.1 Å². The molecule has 3 unspecified atom stereocenters. The van der Waals surface area contributed by atoms with Crippen LogP contribution in [0.2, 0.25) is 0 Å². The molecule has 1 heterocycles. The molecule has 1 aliphatic carbocycles. The van der Waals surface area contributed by atoms with Crippen LogP contribution in [-0.2, 0) is 0 Å². The molecule has 1 saturated carbocycles. The van der Waals surface area contributed by atoms with E-state index in [9.17, 15) is 14.5 Å². The molecule has 114 valence electrons. The Morgan fingerprint density at radius 1 is 1.43 bits per heavy atom. The highest BCUT2D eigenvalue weighted by atomic mass is 19.1. The maximum Gasteiger partial charge on any atom is 0.295 e.